The van der Waals surface area contributed by atoms with Gasteiger partial charge in [-0.2, -0.15) is 13.2 Å². The fourth-order valence-electron chi connectivity index (χ4n) is 4.21. The molecule has 14 heteroatoms. The number of halogens is 4. The van der Waals surface area contributed by atoms with Crippen molar-refractivity contribution in [2.45, 2.75) is 43.1 Å². The Morgan fingerprint density at radius 3 is 2.57 bits per heavy atom. The highest BCUT2D eigenvalue weighted by atomic mass is 35.5. The average Bonchev–Trinajstić information content (AvgIpc) is 3.14. The maximum absolute atomic E-state index is 12.9. The summed E-state index contributed by atoms with van der Waals surface area (Å²) in [6.07, 6.45) is -3.53. The maximum atomic E-state index is 12.9. The molecule has 2 aromatic carbocycles. The van der Waals surface area contributed by atoms with Crippen molar-refractivity contribution in [3.05, 3.63) is 92.4 Å². The average molecular weight is 626 g/mol. The molecule has 1 N–H and O–H groups in total. The van der Waals surface area contributed by atoms with Crippen LogP contribution in [0.5, 0.6) is 5.75 Å². The predicted molar refractivity (Wildman–Crippen MR) is 150 cm³/mol. The van der Waals surface area contributed by atoms with Crippen LogP contribution in [0.4, 0.5) is 18.0 Å². The SMILES string of the molecule is CCOC(=O)OCOc1c2n(ccc1=O)NCN([C@H](C)C(F)(F)F)C2=O.Clc1cccc2c1CSc1ccccc1C2. The van der Waals surface area contributed by atoms with E-state index in [-0.39, 0.29) is 6.61 Å². The molecule has 1 amide bonds. The summed E-state index contributed by atoms with van der Waals surface area (Å²) >= 11 is 8.13. The monoisotopic (exact) mass is 625 g/mol. The highest BCUT2D eigenvalue weighted by molar-refractivity contribution is 7.98. The molecular weight excluding hydrogens is 599 g/mol. The lowest BCUT2D eigenvalue weighted by Gasteiger charge is -2.36. The lowest BCUT2D eigenvalue weighted by atomic mass is 10.0. The first-order chi connectivity index (χ1) is 20.0. The number of hydrogen-bond donors (Lipinski definition) is 1. The summed E-state index contributed by atoms with van der Waals surface area (Å²) in [5.74, 6) is -0.628. The molecule has 2 aliphatic rings. The number of pyridine rings is 1. The van der Waals surface area contributed by atoms with Gasteiger partial charge in [-0.3, -0.25) is 14.3 Å². The first kappa shape index (κ1) is 31.1. The van der Waals surface area contributed by atoms with Crippen LogP contribution in [-0.4, -0.2) is 53.9 Å². The Morgan fingerprint density at radius 2 is 1.83 bits per heavy atom. The molecule has 42 heavy (non-hydrogen) atoms. The summed E-state index contributed by atoms with van der Waals surface area (Å²) in [5.41, 5.74) is 5.43. The van der Waals surface area contributed by atoms with Crippen LogP contribution in [-0.2, 0) is 21.6 Å². The van der Waals surface area contributed by atoms with Gasteiger partial charge < -0.3 is 24.5 Å². The Kier molecular flexibility index (Phi) is 9.94. The number of ether oxygens (including phenoxy) is 3. The molecular formula is C28H27ClF3N3O6S. The number of carbonyl (C=O) groups excluding carboxylic acids is 2. The number of hydrogen-bond acceptors (Lipinski definition) is 8. The van der Waals surface area contributed by atoms with E-state index in [9.17, 15) is 27.6 Å². The Hall–Kier alpha value is -3.84. The van der Waals surface area contributed by atoms with Crippen LogP contribution in [0.1, 0.15) is 41.0 Å². The number of alkyl halides is 3. The summed E-state index contributed by atoms with van der Waals surface area (Å²) in [5, 5.41) is 0.901. The minimum absolute atomic E-state index is 0.0505. The van der Waals surface area contributed by atoms with E-state index in [2.05, 4.69) is 45.2 Å². The fraction of sp³-hybridized carbons (Fsp3) is 0.321. The van der Waals surface area contributed by atoms with E-state index in [1.54, 1.807) is 6.92 Å². The molecule has 5 rings (SSSR count). The zero-order valence-electron chi connectivity index (χ0n) is 22.6. The topological polar surface area (TPSA) is 99.1 Å². The number of amides is 1. The summed E-state index contributed by atoms with van der Waals surface area (Å²) in [7, 11) is 0. The van der Waals surface area contributed by atoms with Crippen molar-refractivity contribution in [2.75, 3.05) is 25.5 Å². The van der Waals surface area contributed by atoms with Gasteiger partial charge in [-0.1, -0.05) is 41.9 Å². The normalized spacial score (nSPS) is 14.5. The lowest BCUT2D eigenvalue weighted by molar-refractivity contribution is -0.172. The molecule has 3 heterocycles. The molecule has 0 spiro atoms. The number of carbonyl (C=O) groups is 2. The van der Waals surface area contributed by atoms with E-state index in [0.717, 1.165) is 34.9 Å². The molecule has 2 aliphatic heterocycles. The van der Waals surface area contributed by atoms with Gasteiger partial charge in [0.15, 0.2) is 5.69 Å². The third-order valence-electron chi connectivity index (χ3n) is 6.45. The van der Waals surface area contributed by atoms with Crippen molar-refractivity contribution in [1.82, 2.24) is 9.58 Å². The number of aromatic nitrogens is 1. The first-order valence-electron chi connectivity index (χ1n) is 12.8. The van der Waals surface area contributed by atoms with Crippen LogP contribution >= 0.6 is 23.4 Å². The van der Waals surface area contributed by atoms with Crippen molar-refractivity contribution in [2.24, 2.45) is 0 Å². The van der Waals surface area contributed by atoms with Crippen molar-refractivity contribution in [3.8, 4) is 5.75 Å². The summed E-state index contributed by atoms with van der Waals surface area (Å²) in [4.78, 5) is 37.5. The summed E-state index contributed by atoms with van der Waals surface area (Å²) in [6.45, 7) is 1.24. The molecule has 0 fully saturated rings. The zero-order valence-corrected chi connectivity index (χ0v) is 24.1. The smallest absolute Gasteiger partial charge is 0.451 e. The van der Waals surface area contributed by atoms with Crippen molar-refractivity contribution in [1.29, 1.82) is 0 Å². The molecule has 0 radical (unpaired) electrons. The number of thioether (sulfide) groups is 1. The molecule has 0 saturated carbocycles. The van der Waals surface area contributed by atoms with Crippen LogP contribution in [0.3, 0.4) is 0 Å². The van der Waals surface area contributed by atoms with Crippen molar-refractivity contribution < 1.29 is 37.0 Å². The van der Waals surface area contributed by atoms with Crippen LogP contribution < -0.4 is 15.6 Å². The maximum Gasteiger partial charge on any atom is 0.511 e. The summed E-state index contributed by atoms with van der Waals surface area (Å²) in [6, 6.07) is 13.8. The second kappa shape index (κ2) is 13.4. The fourth-order valence-corrected chi connectivity index (χ4v) is 5.69. The highest BCUT2D eigenvalue weighted by Gasteiger charge is 2.44. The van der Waals surface area contributed by atoms with Gasteiger partial charge in [-0.05, 0) is 49.1 Å². The number of nitrogens with one attached hydrogen (secondary N) is 1. The van der Waals surface area contributed by atoms with Crippen LogP contribution in [0.2, 0.25) is 5.02 Å². The van der Waals surface area contributed by atoms with E-state index in [0.29, 0.717) is 4.90 Å². The minimum Gasteiger partial charge on any atom is -0.451 e. The molecule has 224 valence electrons. The largest absolute Gasteiger partial charge is 0.511 e. The van der Waals surface area contributed by atoms with E-state index in [1.807, 2.05) is 23.9 Å². The Balaban J connectivity index is 0.000000214. The standard InChI is InChI=1S/C14H11ClS.C14H16F3N3O6/c15-13-6-3-5-10-8-11-4-1-2-7-14(11)16-9-12(10)13;1-3-24-13(23)26-7-25-11-9(21)4-5-20-10(11)12(22)19(6-18-20)8(2)14(15,16)17/h1-7H,8-9H2;4-5,8,18H,3,6-7H2,1-2H3/t;8-/m.1/s1. The molecule has 1 atom stereocenters. The number of nitrogens with zero attached hydrogens (tertiary/aromatic N) is 2. The van der Waals surface area contributed by atoms with Crippen LogP contribution in [0.15, 0.2) is 64.4 Å². The van der Waals surface area contributed by atoms with E-state index >= 15 is 0 Å². The quantitative estimate of drug-likeness (QED) is 0.281. The van der Waals surface area contributed by atoms with Gasteiger partial charge in [-0.25, -0.2) is 4.79 Å². The Bertz CT molecular complexity index is 1520. The van der Waals surface area contributed by atoms with Gasteiger partial charge in [0.05, 0.1) is 6.61 Å². The van der Waals surface area contributed by atoms with Crippen molar-refractivity contribution in [3.63, 3.8) is 0 Å². The van der Waals surface area contributed by atoms with E-state index in [4.69, 9.17) is 16.3 Å². The molecule has 9 nitrogen and oxygen atoms in total. The highest BCUT2D eigenvalue weighted by Crippen LogP contribution is 2.36. The van der Waals surface area contributed by atoms with Crippen molar-refractivity contribution >= 4 is 35.4 Å². The molecule has 0 unspecified atom stereocenters. The van der Waals surface area contributed by atoms with Gasteiger partial charge in [0.2, 0.25) is 18.0 Å². The molecule has 3 aromatic rings. The van der Waals surface area contributed by atoms with E-state index < -0.39 is 54.6 Å². The predicted octanol–water partition coefficient (Wildman–Crippen LogP) is 5.80. The number of fused-ring (bicyclic) bond motifs is 3. The summed E-state index contributed by atoms with van der Waals surface area (Å²) < 4.78 is 53.9. The van der Waals surface area contributed by atoms with Crippen LogP contribution in [0, 0.1) is 0 Å². The number of rotatable bonds is 5. The third-order valence-corrected chi connectivity index (χ3v) is 7.95. The molecule has 0 saturated heterocycles. The van der Waals surface area contributed by atoms with E-state index in [1.165, 1.54) is 27.8 Å². The van der Waals surface area contributed by atoms with Gasteiger partial charge in [0.25, 0.3) is 5.91 Å². The van der Waals surface area contributed by atoms with Gasteiger partial charge >= 0.3 is 12.3 Å². The van der Waals surface area contributed by atoms with Crippen LogP contribution in [0.25, 0.3) is 0 Å². The third kappa shape index (κ3) is 7.13. The number of benzene rings is 2. The van der Waals surface area contributed by atoms with Gasteiger partial charge in [0, 0.05) is 27.9 Å². The Labute approximate surface area is 248 Å². The van der Waals surface area contributed by atoms with Gasteiger partial charge in [-0.15, -0.1) is 11.8 Å². The molecule has 1 aromatic heterocycles. The van der Waals surface area contributed by atoms with Gasteiger partial charge in [0.1, 0.15) is 12.7 Å². The minimum atomic E-state index is -4.65. The lowest BCUT2D eigenvalue weighted by Crippen LogP contribution is -2.54. The molecule has 0 aliphatic carbocycles. The second-order valence-corrected chi connectivity index (χ2v) is 10.5. The first-order valence-corrected chi connectivity index (χ1v) is 14.1. The zero-order chi connectivity index (χ0) is 30.4. The second-order valence-electron chi connectivity index (χ2n) is 9.08. The molecule has 0 bridgehead atoms. The Morgan fingerprint density at radius 1 is 1.10 bits per heavy atom.